The van der Waals surface area contributed by atoms with E-state index in [4.69, 9.17) is 11.6 Å². The number of carbonyl (C=O) groups excluding carboxylic acids is 1. The van der Waals surface area contributed by atoms with Gasteiger partial charge in [-0.25, -0.2) is 0 Å². The first kappa shape index (κ1) is 12.0. The van der Waals surface area contributed by atoms with Crippen molar-refractivity contribution in [2.75, 3.05) is 0 Å². The van der Waals surface area contributed by atoms with E-state index in [9.17, 15) is 18.0 Å². The van der Waals surface area contributed by atoms with E-state index in [1.807, 2.05) is 0 Å². The van der Waals surface area contributed by atoms with Crippen molar-refractivity contribution >= 4 is 17.4 Å². The van der Waals surface area contributed by atoms with Crippen molar-refractivity contribution in [2.24, 2.45) is 0 Å². The highest BCUT2D eigenvalue weighted by Crippen LogP contribution is 2.35. The molecule has 0 aliphatic heterocycles. The molecule has 0 aliphatic rings. The lowest BCUT2D eigenvalue weighted by Gasteiger charge is -2.10. The summed E-state index contributed by atoms with van der Waals surface area (Å²) >= 11 is 5.41. The first-order chi connectivity index (χ1) is 6.80. The second-order valence-corrected chi connectivity index (χ2v) is 3.60. The molecule has 0 spiro atoms. The Bertz CT molecular complexity index is 385. The minimum absolute atomic E-state index is 0.0136. The van der Waals surface area contributed by atoms with Gasteiger partial charge in [0.05, 0.1) is 10.6 Å². The highest BCUT2D eigenvalue weighted by atomic mass is 35.5. The van der Waals surface area contributed by atoms with Gasteiger partial charge in [-0.1, -0.05) is 17.7 Å². The van der Waals surface area contributed by atoms with Crippen LogP contribution in [0.3, 0.4) is 0 Å². The number of carbonyl (C=O) groups is 1. The third-order valence-corrected chi connectivity index (χ3v) is 2.12. The predicted octanol–water partition coefficient (Wildman–Crippen LogP) is 3.49. The molecule has 0 saturated heterocycles. The molecule has 5 heteroatoms. The monoisotopic (exact) mass is 236 g/mol. The molecular formula is C10H8ClF3O. The molecule has 15 heavy (non-hydrogen) atoms. The fourth-order valence-electron chi connectivity index (χ4n) is 1.19. The Morgan fingerprint density at radius 2 is 2.00 bits per heavy atom. The van der Waals surface area contributed by atoms with E-state index in [2.05, 4.69) is 0 Å². The van der Waals surface area contributed by atoms with Crippen LogP contribution in [0.4, 0.5) is 13.2 Å². The SMILES string of the molecule is CC(=O)Cc1ccc(Cl)c(C(F)(F)F)c1. The van der Waals surface area contributed by atoms with Crippen LogP contribution in [0.2, 0.25) is 5.02 Å². The summed E-state index contributed by atoms with van der Waals surface area (Å²) in [5.41, 5.74) is -0.581. The zero-order chi connectivity index (χ0) is 11.6. The van der Waals surface area contributed by atoms with Crippen molar-refractivity contribution in [3.63, 3.8) is 0 Å². The minimum Gasteiger partial charge on any atom is -0.300 e. The summed E-state index contributed by atoms with van der Waals surface area (Å²) in [7, 11) is 0. The van der Waals surface area contributed by atoms with Gasteiger partial charge in [-0.2, -0.15) is 13.2 Å². The normalized spacial score (nSPS) is 11.5. The molecule has 0 saturated carbocycles. The van der Waals surface area contributed by atoms with Gasteiger partial charge in [-0.3, -0.25) is 4.79 Å². The third-order valence-electron chi connectivity index (χ3n) is 1.79. The zero-order valence-corrected chi connectivity index (χ0v) is 8.62. The first-order valence-electron chi connectivity index (χ1n) is 4.16. The molecule has 1 aromatic rings. The van der Waals surface area contributed by atoms with Crippen molar-refractivity contribution in [2.45, 2.75) is 19.5 Å². The summed E-state index contributed by atoms with van der Waals surface area (Å²) in [6, 6.07) is 3.48. The summed E-state index contributed by atoms with van der Waals surface area (Å²) in [6.45, 7) is 1.32. The molecule has 0 radical (unpaired) electrons. The molecule has 82 valence electrons. The van der Waals surface area contributed by atoms with Gasteiger partial charge >= 0.3 is 6.18 Å². The van der Waals surface area contributed by atoms with Crippen molar-refractivity contribution in [1.82, 2.24) is 0 Å². The number of hydrogen-bond acceptors (Lipinski definition) is 1. The summed E-state index contributed by atoms with van der Waals surface area (Å²) in [4.78, 5) is 10.7. The molecule has 0 heterocycles. The lowest BCUT2D eigenvalue weighted by atomic mass is 10.1. The van der Waals surface area contributed by atoms with Crippen LogP contribution in [0.5, 0.6) is 0 Å². The van der Waals surface area contributed by atoms with Gasteiger partial charge in [0.1, 0.15) is 5.78 Å². The number of rotatable bonds is 2. The Hall–Kier alpha value is -1.03. The van der Waals surface area contributed by atoms with Crippen molar-refractivity contribution in [3.05, 3.63) is 34.3 Å². The lowest BCUT2D eigenvalue weighted by molar-refractivity contribution is -0.137. The van der Waals surface area contributed by atoms with E-state index >= 15 is 0 Å². The van der Waals surface area contributed by atoms with Gasteiger partial charge in [0.2, 0.25) is 0 Å². The van der Waals surface area contributed by atoms with E-state index < -0.39 is 11.7 Å². The molecular weight excluding hydrogens is 229 g/mol. The molecule has 0 unspecified atom stereocenters. The van der Waals surface area contributed by atoms with Gasteiger partial charge in [0, 0.05) is 6.42 Å². The van der Waals surface area contributed by atoms with Crippen LogP contribution in [0.25, 0.3) is 0 Å². The van der Waals surface area contributed by atoms with E-state index in [-0.39, 0.29) is 17.2 Å². The van der Waals surface area contributed by atoms with Gasteiger partial charge < -0.3 is 0 Å². The van der Waals surface area contributed by atoms with E-state index in [1.165, 1.54) is 13.0 Å². The van der Waals surface area contributed by atoms with Gasteiger partial charge in [-0.05, 0) is 24.6 Å². The fraction of sp³-hybridized carbons (Fsp3) is 0.300. The molecule has 0 amide bonds. The fourth-order valence-corrected chi connectivity index (χ4v) is 1.41. The van der Waals surface area contributed by atoms with Gasteiger partial charge in [0.15, 0.2) is 0 Å². The molecule has 1 aromatic carbocycles. The molecule has 1 rings (SSSR count). The topological polar surface area (TPSA) is 17.1 Å². The molecule has 0 aliphatic carbocycles. The summed E-state index contributed by atoms with van der Waals surface area (Å²) in [6.07, 6.45) is -4.50. The van der Waals surface area contributed by atoms with Crippen LogP contribution in [0, 0.1) is 0 Å². The average Bonchev–Trinajstić information content (AvgIpc) is 2.05. The Morgan fingerprint density at radius 1 is 1.40 bits per heavy atom. The van der Waals surface area contributed by atoms with E-state index in [0.717, 1.165) is 12.1 Å². The number of alkyl halides is 3. The maximum absolute atomic E-state index is 12.4. The number of ketones is 1. The Morgan fingerprint density at radius 3 is 2.47 bits per heavy atom. The molecule has 0 atom stereocenters. The van der Waals surface area contributed by atoms with Crippen molar-refractivity contribution in [1.29, 1.82) is 0 Å². The summed E-state index contributed by atoms with van der Waals surface area (Å²) in [5, 5.41) is -0.352. The standard InChI is InChI=1S/C10H8ClF3O/c1-6(15)4-7-2-3-9(11)8(5-7)10(12,13)14/h2-3,5H,4H2,1H3. The molecule has 0 bridgehead atoms. The lowest BCUT2D eigenvalue weighted by Crippen LogP contribution is -2.07. The number of halogens is 4. The number of Topliss-reactive ketones (excluding diaryl/α,β-unsaturated/α-hetero) is 1. The summed E-state index contributed by atoms with van der Waals surface area (Å²) in [5.74, 6) is -0.189. The van der Waals surface area contributed by atoms with Crippen molar-refractivity contribution < 1.29 is 18.0 Å². The van der Waals surface area contributed by atoms with E-state index in [1.54, 1.807) is 0 Å². The van der Waals surface area contributed by atoms with Crippen LogP contribution in [0.15, 0.2) is 18.2 Å². The predicted molar refractivity (Wildman–Crippen MR) is 50.8 cm³/mol. The molecule has 0 fully saturated rings. The van der Waals surface area contributed by atoms with Crippen LogP contribution >= 0.6 is 11.6 Å². The average molecular weight is 237 g/mol. The summed E-state index contributed by atoms with van der Waals surface area (Å²) < 4.78 is 37.2. The quantitative estimate of drug-likeness (QED) is 0.768. The number of hydrogen-bond donors (Lipinski definition) is 0. The Kier molecular flexibility index (Phi) is 3.39. The maximum atomic E-state index is 12.4. The number of benzene rings is 1. The third kappa shape index (κ3) is 3.23. The molecule has 0 aromatic heterocycles. The zero-order valence-electron chi connectivity index (χ0n) is 7.86. The first-order valence-corrected chi connectivity index (χ1v) is 4.53. The van der Waals surface area contributed by atoms with Crippen molar-refractivity contribution in [3.8, 4) is 0 Å². The van der Waals surface area contributed by atoms with Gasteiger partial charge in [-0.15, -0.1) is 0 Å². The molecule has 0 N–H and O–H groups in total. The van der Waals surface area contributed by atoms with Gasteiger partial charge in [0.25, 0.3) is 0 Å². The molecule has 1 nitrogen and oxygen atoms in total. The Labute approximate surface area is 89.9 Å². The smallest absolute Gasteiger partial charge is 0.300 e. The van der Waals surface area contributed by atoms with E-state index in [0.29, 0.717) is 5.56 Å². The van der Waals surface area contributed by atoms with Crippen LogP contribution in [-0.2, 0) is 17.4 Å². The Balaban J connectivity index is 3.11. The second-order valence-electron chi connectivity index (χ2n) is 3.19. The highest BCUT2D eigenvalue weighted by Gasteiger charge is 2.33. The highest BCUT2D eigenvalue weighted by molar-refractivity contribution is 6.31. The maximum Gasteiger partial charge on any atom is 0.417 e. The second kappa shape index (κ2) is 4.23. The van der Waals surface area contributed by atoms with Crippen LogP contribution in [0.1, 0.15) is 18.1 Å². The minimum atomic E-state index is -4.48. The van der Waals surface area contributed by atoms with Crippen LogP contribution in [-0.4, -0.2) is 5.78 Å². The van der Waals surface area contributed by atoms with Crippen LogP contribution < -0.4 is 0 Å². The largest absolute Gasteiger partial charge is 0.417 e.